The van der Waals surface area contributed by atoms with Crippen LogP contribution < -0.4 is 5.32 Å². The summed E-state index contributed by atoms with van der Waals surface area (Å²) in [6.45, 7) is 0.236. The van der Waals surface area contributed by atoms with Crippen molar-refractivity contribution in [2.45, 2.75) is 17.2 Å². The van der Waals surface area contributed by atoms with Crippen molar-refractivity contribution in [3.8, 4) is 0 Å². The van der Waals surface area contributed by atoms with Gasteiger partial charge in [-0.2, -0.15) is 8.78 Å². The molecule has 0 saturated carbocycles. The molecular weight excluding hydrogens is 322 g/mol. The van der Waals surface area contributed by atoms with E-state index >= 15 is 0 Å². The number of rotatable bonds is 5. The quantitative estimate of drug-likeness (QED) is 0.853. The number of sulfone groups is 1. The Labute approximate surface area is 125 Å². The molecule has 8 heteroatoms. The van der Waals surface area contributed by atoms with Crippen LogP contribution in [-0.2, 0) is 16.4 Å². The number of nitrogens with one attached hydrogen (secondary N) is 1. The summed E-state index contributed by atoms with van der Waals surface area (Å²) in [5.74, 6) is -3.46. The lowest BCUT2D eigenvalue weighted by atomic mass is 10.2. The molecule has 0 aliphatic heterocycles. The minimum Gasteiger partial charge on any atom is -0.380 e. The number of halogens is 3. The molecule has 0 fully saturated rings. The van der Waals surface area contributed by atoms with Gasteiger partial charge in [0, 0.05) is 12.7 Å². The molecule has 0 bridgehead atoms. The summed E-state index contributed by atoms with van der Waals surface area (Å²) in [7, 11) is -4.65. The van der Waals surface area contributed by atoms with E-state index in [1.807, 2.05) is 0 Å². The standard InChI is InChI=1S/C13H11ClF2N2O2S/c14-12-6-5-9(8-18-12)7-17-10-3-1-2-4-11(10)21(19,20)13(15)16/h1-6,8,13,17H,7H2. The Morgan fingerprint density at radius 3 is 2.52 bits per heavy atom. The molecular formula is C13H11ClF2N2O2S. The van der Waals surface area contributed by atoms with E-state index in [2.05, 4.69) is 10.3 Å². The number of pyridine rings is 1. The molecule has 0 radical (unpaired) electrons. The fourth-order valence-corrected chi connectivity index (χ4v) is 2.68. The number of hydrogen-bond donors (Lipinski definition) is 1. The highest BCUT2D eigenvalue weighted by Crippen LogP contribution is 2.26. The lowest BCUT2D eigenvalue weighted by Crippen LogP contribution is -2.14. The Morgan fingerprint density at radius 2 is 1.90 bits per heavy atom. The molecule has 1 heterocycles. The van der Waals surface area contributed by atoms with E-state index in [0.717, 1.165) is 11.6 Å². The van der Waals surface area contributed by atoms with Crippen LogP contribution in [0.2, 0.25) is 5.15 Å². The number of benzene rings is 1. The predicted molar refractivity (Wildman–Crippen MR) is 76.2 cm³/mol. The fraction of sp³-hybridized carbons (Fsp3) is 0.154. The summed E-state index contributed by atoms with van der Waals surface area (Å²) in [6, 6.07) is 8.81. The summed E-state index contributed by atoms with van der Waals surface area (Å²) < 4.78 is 48.5. The van der Waals surface area contributed by atoms with E-state index in [4.69, 9.17) is 11.6 Å². The summed E-state index contributed by atoms with van der Waals surface area (Å²) in [5, 5.41) is 3.15. The number of hydrogen-bond acceptors (Lipinski definition) is 4. The summed E-state index contributed by atoms with van der Waals surface area (Å²) in [5.41, 5.74) is 0.858. The molecule has 112 valence electrons. The molecule has 0 saturated heterocycles. The zero-order chi connectivity index (χ0) is 15.5. The monoisotopic (exact) mass is 332 g/mol. The Kier molecular flexibility index (Phi) is 4.74. The average molecular weight is 333 g/mol. The van der Waals surface area contributed by atoms with Gasteiger partial charge in [-0.15, -0.1) is 0 Å². The Morgan fingerprint density at radius 1 is 1.19 bits per heavy atom. The first-order valence-corrected chi connectivity index (χ1v) is 7.79. The van der Waals surface area contributed by atoms with Gasteiger partial charge >= 0.3 is 5.76 Å². The fourth-order valence-electron chi connectivity index (χ4n) is 1.67. The molecule has 1 aromatic carbocycles. The van der Waals surface area contributed by atoms with Crippen LogP contribution >= 0.6 is 11.6 Å². The molecule has 2 rings (SSSR count). The first-order valence-electron chi connectivity index (χ1n) is 5.86. The molecule has 21 heavy (non-hydrogen) atoms. The van der Waals surface area contributed by atoms with Gasteiger partial charge in [0.2, 0.25) is 9.84 Å². The van der Waals surface area contributed by atoms with Gasteiger partial charge in [-0.25, -0.2) is 13.4 Å². The highest BCUT2D eigenvalue weighted by molar-refractivity contribution is 7.91. The molecule has 1 aromatic heterocycles. The molecule has 0 spiro atoms. The third kappa shape index (κ3) is 3.68. The van der Waals surface area contributed by atoms with E-state index < -0.39 is 20.5 Å². The molecule has 0 atom stereocenters. The van der Waals surface area contributed by atoms with Gasteiger partial charge in [0.15, 0.2) is 0 Å². The van der Waals surface area contributed by atoms with Crippen LogP contribution in [0.15, 0.2) is 47.5 Å². The van der Waals surface area contributed by atoms with Crippen LogP contribution in [0, 0.1) is 0 Å². The zero-order valence-electron chi connectivity index (χ0n) is 10.6. The van der Waals surface area contributed by atoms with Crippen LogP contribution in [0.5, 0.6) is 0 Å². The first-order chi connectivity index (χ1) is 9.91. The second-order valence-electron chi connectivity index (χ2n) is 4.14. The van der Waals surface area contributed by atoms with Crippen molar-refractivity contribution in [2.24, 2.45) is 0 Å². The normalized spacial score (nSPS) is 11.6. The largest absolute Gasteiger partial charge is 0.380 e. The van der Waals surface area contributed by atoms with Crippen molar-refractivity contribution in [3.05, 3.63) is 53.3 Å². The molecule has 0 unspecified atom stereocenters. The molecule has 2 aromatic rings. The van der Waals surface area contributed by atoms with Crippen LogP contribution in [0.1, 0.15) is 5.56 Å². The summed E-state index contributed by atoms with van der Waals surface area (Å²) in [4.78, 5) is 3.45. The molecule has 0 amide bonds. The SMILES string of the molecule is O=S(=O)(c1ccccc1NCc1ccc(Cl)nc1)C(F)F. The van der Waals surface area contributed by atoms with Gasteiger partial charge in [-0.1, -0.05) is 29.8 Å². The number of para-hydroxylation sites is 1. The van der Waals surface area contributed by atoms with E-state index in [0.29, 0.717) is 5.15 Å². The molecule has 1 N–H and O–H groups in total. The van der Waals surface area contributed by atoms with Crippen molar-refractivity contribution in [2.75, 3.05) is 5.32 Å². The minimum absolute atomic E-state index is 0.118. The van der Waals surface area contributed by atoms with Gasteiger partial charge in [-0.3, -0.25) is 0 Å². The van der Waals surface area contributed by atoms with Crippen molar-refractivity contribution in [3.63, 3.8) is 0 Å². The van der Waals surface area contributed by atoms with E-state index in [9.17, 15) is 17.2 Å². The maximum atomic E-state index is 12.6. The smallest absolute Gasteiger partial charge is 0.341 e. The second kappa shape index (κ2) is 6.36. The van der Waals surface area contributed by atoms with Gasteiger partial charge < -0.3 is 5.32 Å². The number of anilines is 1. The van der Waals surface area contributed by atoms with Crippen molar-refractivity contribution >= 4 is 27.1 Å². The van der Waals surface area contributed by atoms with Gasteiger partial charge in [0.25, 0.3) is 0 Å². The molecule has 0 aliphatic rings. The second-order valence-corrected chi connectivity index (χ2v) is 6.42. The maximum absolute atomic E-state index is 12.6. The summed E-state index contributed by atoms with van der Waals surface area (Å²) >= 11 is 5.65. The van der Waals surface area contributed by atoms with E-state index in [-0.39, 0.29) is 12.2 Å². The third-order valence-corrected chi connectivity index (χ3v) is 4.36. The average Bonchev–Trinajstić information content (AvgIpc) is 2.47. The first kappa shape index (κ1) is 15.7. The minimum atomic E-state index is -4.65. The van der Waals surface area contributed by atoms with Crippen molar-refractivity contribution in [1.29, 1.82) is 0 Å². The highest BCUT2D eigenvalue weighted by atomic mass is 35.5. The van der Waals surface area contributed by atoms with Crippen LogP contribution in [-0.4, -0.2) is 19.2 Å². The Bertz CT molecular complexity index is 721. The van der Waals surface area contributed by atoms with Gasteiger partial charge in [0.1, 0.15) is 5.15 Å². The highest BCUT2D eigenvalue weighted by Gasteiger charge is 2.28. The van der Waals surface area contributed by atoms with Gasteiger partial charge in [0.05, 0.1) is 10.6 Å². The Balaban J connectivity index is 2.23. The zero-order valence-corrected chi connectivity index (χ0v) is 12.2. The van der Waals surface area contributed by atoms with Crippen LogP contribution in [0.4, 0.5) is 14.5 Å². The number of alkyl halides is 2. The maximum Gasteiger partial charge on any atom is 0.341 e. The summed E-state index contributed by atoms with van der Waals surface area (Å²) in [6.07, 6.45) is 1.51. The van der Waals surface area contributed by atoms with E-state index in [1.165, 1.54) is 18.3 Å². The Hall–Kier alpha value is -1.73. The van der Waals surface area contributed by atoms with Crippen LogP contribution in [0.3, 0.4) is 0 Å². The lowest BCUT2D eigenvalue weighted by molar-refractivity contribution is 0.235. The predicted octanol–water partition coefficient (Wildman–Crippen LogP) is 3.34. The van der Waals surface area contributed by atoms with Crippen molar-refractivity contribution < 1.29 is 17.2 Å². The topological polar surface area (TPSA) is 59.1 Å². The molecule has 0 aliphatic carbocycles. The van der Waals surface area contributed by atoms with E-state index in [1.54, 1.807) is 18.2 Å². The number of aromatic nitrogens is 1. The van der Waals surface area contributed by atoms with Gasteiger partial charge in [-0.05, 0) is 23.8 Å². The third-order valence-electron chi connectivity index (χ3n) is 2.70. The lowest BCUT2D eigenvalue weighted by Gasteiger charge is -2.12. The number of nitrogens with zero attached hydrogens (tertiary/aromatic N) is 1. The molecule has 4 nitrogen and oxygen atoms in total. The van der Waals surface area contributed by atoms with Crippen molar-refractivity contribution in [1.82, 2.24) is 4.98 Å². The van der Waals surface area contributed by atoms with Crippen LogP contribution in [0.25, 0.3) is 0 Å².